The van der Waals surface area contributed by atoms with Crippen LogP contribution in [0.3, 0.4) is 0 Å². The predicted octanol–water partition coefficient (Wildman–Crippen LogP) is 6.01. The van der Waals surface area contributed by atoms with Crippen molar-refractivity contribution in [1.82, 2.24) is 10.2 Å². The summed E-state index contributed by atoms with van der Waals surface area (Å²) in [7, 11) is 1.82. The number of hydrogen-bond donors (Lipinski definition) is 1. The highest BCUT2D eigenvalue weighted by atomic mass is 16.6. The second kappa shape index (κ2) is 13.1. The predicted molar refractivity (Wildman–Crippen MR) is 157 cm³/mol. The summed E-state index contributed by atoms with van der Waals surface area (Å²) < 4.78 is 16.5. The Morgan fingerprint density at radius 1 is 0.976 bits per heavy atom. The maximum atomic E-state index is 13.2. The molecule has 9 nitrogen and oxygen atoms in total. The van der Waals surface area contributed by atoms with Crippen LogP contribution in [0.15, 0.2) is 34.7 Å². The number of benzene rings is 2. The third-order valence-corrected chi connectivity index (χ3v) is 6.36. The zero-order chi connectivity index (χ0) is 30.5. The average Bonchev–Trinajstić information content (AvgIpc) is 3.21. The molecule has 3 aromatic rings. The van der Waals surface area contributed by atoms with Gasteiger partial charge in [-0.15, -0.1) is 0 Å². The van der Waals surface area contributed by atoms with Crippen LogP contribution >= 0.6 is 0 Å². The molecule has 4 rings (SSSR count). The van der Waals surface area contributed by atoms with Crippen molar-refractivity contribution in [1.29, 1.82) is 0 Å². The summed E-state index contributed by atoms with van der Waals surface area (Å²) in [5.74, 6) is -0.707. The van der Waals surface area contributed by atoms with E-state index in [9.17, 15) is 19.2 Å². The Labute approximate surface area is 241 Å². The van der Waals surface area contributed by atoms with E-state index in [1.165, 1.54) is 6.42 Å². The first-order chi connectivity index (χ1) is 19.3. The van der Waals surface area contributed by atoms with Gasteiger partial charge >= 0.3 is 12.1 Å². The molecule has 0 bridgehead atoms. The van der Waals surface area contributed by atoms with Gasteiger partial charge in [0.1, 0.15) is 30.3 Å². The molecule has 1 aliphatic rings. The normalized spacial score (nSPS) is 12.4. The van der Waals surface area contributed by atoms with Gasteiger partial charge in [-0.25, -0.2) is 4.79 Å². The Kier molecular flexibility index (Phi) is 10.1. The lowest BCUT2D eigenvalue weighted by atomic mass is 9.83. The molecule has 0 aliphatic heterocycles. The fraction of sp³-hybridized carbons (Fsp3) is 0.438. The number of hydrogen-bond acceptors (Lipinski definition) is 8. The van der Waals surface area contributed by atoms with Gasteiger partial charge in [0.2, 0.25) is 11.6 Å². The van der Waals surface area contributed by atoms with E-state index < -0.39 is 29.2 Å². The standard InChI is InChI=1S/C29H32N2O7.C3H8/c1-16-8-7-9-19-18(16)10-11-20-24(19)26(34)25(33)23-17(2)21(37-27(20)23)15-31(6)12-13-36-22(32)14-30-28(35)38-29(3,4)5;1-3-2/h7-11H,12-15H2,1-6H3,(H,30,35);3H2,1-2H3. The number of esters is 1. The Balaban J connectivity index is 0.00000147. The Morgan fingerprint density at radius 3 is 2.29 bits per heavy atom. The number of nitrogens with zero attached hydrogens (tertiary/aromatic N) is 1. The van der Waals surface area contributed by atoms with Gasteiger partial charge in [0, 0.05) is 23.2 Å². The van der Waals surface area contributed by atoms with Crippen molar-refractivity contribution in [2.75, 3.05) is 26.7 Å². The molecule has 0 saturated heterocycles. The van der Waals surface area contributed by atoms with E-state index in [1.807, 2.05) is 49.2 Å². The first-order valence-corrected chi connectivity index (χ1v) is 13.8. The minimum Gasteiger partial charge on any atom is -0.463 e. The van der Waals surface area contributed by atoms with Gasteiger partial charge < -0.3 is 19.2 Å². The van der Waals surface area contributed by atoms with Gasteiger partial charge in [-0.1, -0.05) is 44.5 Å². The fourth-order valence-corrected chi connectivity index (χ4v) is 4.50. The van der Waals surface area contributed by atoms with Crippen molar-refractivity contribution in [3.05, 3.63) is 58.3 Å². The van der Waals surface area contributed by atoms with E-state index >= 15 is 0 Å². The number of Topliss-reactive ketones (excluding diaryl/α,β-unsaturated/α-hetero) is 2. The Hall–Kier alpha value is -3.98. The lowest BCUT2D eigenvalue weighted by molar-refractivity contribution is -0.142. The van der Waals surface area contributed by atoms with Gasteiger partial charge in [0.25, 0.3) is 0 Å². The molecule has 2 aromatic carbocycles. The summed E-state index contributed by atoms with van der Waals surface area (Å²) in [5.41, 5.74) is 2.29. The van der Waals surface area contributed by atoms with Crippen molar-refractivity contribution in [3.63, 3.8) is 0 Å². The first-order valence-electron chi connectivity index (χ1n) is 13.8. The van der Waals surface area contributed by atoms with Gasteiger partial charge in [0.05, 0.1) is 12.1 Å². The summed E-state index contributed by atoms with van der Waals surface area (Å²) in [6, 6.07) is 9.49. The summed E-state index contributed by atoms with van der Waals surface area (Å²) >= 11 is 0. The average molecular weight is 565 g/mol. The number of rotatable bonds is 7. The molecule has 0 atom stereocenters. The van der Waals surface area contributed by atoms with Crippen LogP contribution in [-0.2, 0) is 20.8 Å². The van der Waals surface area contributed by atoms with Crippen LogP contribution in [-0.4, -0.2) is 60.9 Å². The van der Waals surface area contributed by atoms with E-state index in [0.717, 1.165) is 16.3 Å². The smallest absolute Gasteiger partial charge is 0.408 e. The number of nitrogens with one attached hydrogen (secondary N) is 1. The second-order valence-corrected chi connectivity index (χ2v) is 11.2. The molecule has 1 N–H and O–H groups in total. The van der Waals surface area contributed by atoms with E-state index in [4.69, 9.17) is 13.9 Å². The highest BCUT2D eigenvalue weighted by Gasteiger charge is 2.37. The number of ketones is 2. The molecular formula is C32H40N2O7. The van der Waals surface area contributed by atoms with E-state index in [1.54, 1.807) is 27.7 Å². The van der Waals surface area contributed by atoms with Crippen LogP contribution in [0, 0.1) is 13.8 Å². The first kappa shape index (κ1) is 31.5. The van der Waals surface area contributed by atoms with Crippen LogP contribution in [0.5, 0.6) is 0 Å². The minimum absolute atomic E-state index is 0.0936. The molecule has 0 radical (unpaired) electrons. The number of carbonyl (C=O) groups is 4. The van der Waals surface area contributed by atoms with Gasteiger partial charge in [0.15, 0.2) is 0 Å². The van der Waals surface area contributed by atoms with Crippen molar-refractivity contribution >= 4 is 34.4 Å². The SMILES string of the molecule is CCC.Cc1c(CN(C)CCOC(=O)CNC(=O)OC(C)(C)C)oc2c1C(=O)C(=O)c1c-2ccc2c(C)cccc12. The Morgan fingerprint density at radius 2 is 1.63 bits per heavy atom. The highest BCUT2D eigenvalue weighted by Crippen LogP contribution is 2.41. The topological polar surface area (TPSA) is 115 Å². The molecular weight excluding hydrogens is 524 g/mol. The Bertz CT molecular complexity index is 1460. The molecule has 41 heavy (non-hydrogen) atoms. The van der Waals surface area contributed by atoms with Gasteiger partial charge in [-0.2, -0.15) is 0 Å². The number of furan rings is 1. The number of amides is 1. The van der Waals surface area contributed by atoms with Crippen LogP contribution in [0.1, 0.15) is 78.6 Å². The van der Waals surface area contributed by atoms with Gasteiger partial charge in [-0.3, -0.25) is 19.3 Å². The highest BCUT2D eigenvalue weighted by molar-refractivity contribution is 6.54. The van der Waals surface area contributed by atoms with Crippen molar-refractivity contribution in [2.45, 2.75) is 67.0 Å². The maximum absolute atomic E-state index is 13.2. The lowest BCUT2D eigenvalue weighted by Crippen LogP contribution is -2.36. The van der Waals surface area contributed by atoms with Crippen molar-refractivity contribution < 1.29 is 33.1 Å². The van der Waals surface area contributed by atoms with Crippen LogP contribution in [0.4, 0.5) is 4.79 Å². The van der Waals surface area contributed by atoms with E-state index in [0.29, 0.717) is 46.9 Å². The summed E-state index contributed by atoms with van der Waals surface area (Å²) in [5, 5.41) is 4.02. The molecule has 1 aromatic heterocycles. The molecule has 9 heteroatoms. The number of ether oxygens (including phenoxy) is 2. The molecule has 0 spiro atoms. The monoisotopic (exact) mass is 564 g/mol. The third-order valence-electron chi connectivity index (χ3n) is 6.36. The lowest BCUT2D eigenvalue weighted by Gasteiger charge is -2.19. The number of likely N-dealkylation sites (N-methyl/N-ethyl adjacent to an activating group) is 1. The zero-order valence-electron chi connectivity index (χ0n) is 25.2. The number of carbonyl (C=O) groups excluding carboxylic acids is 4. The maximum Gasteiger partial charge on any atom is 0.408 e. The molecule has 220 valence electrons. The summed E-state index contributed by atoms with van der Waals surface area (Å²) in [6.45, 7) is 13.7. The summed E-state index contributed by atoms with van der Waals surface area (Å²) in [4.78, 5) is 51.8. The summed E-state index contributed by atoms with van der Waals surface area (Å²) in [6.07, 6.45) is 0.557. The second-order valence-electron chi connectivity index (χ2n) is 11.2. The van der Waals surface area contributed by atoms with E-state index in [-0.39, 0.29) is 13.2 Å². The number of fused-ring (bicyclic) bond motifs is 5. The zero-order valence-corrected chi connectivity index (χ0v) is 25.2. The van der Waals surface area contributed by atoms with Gasteiger partial charge in [-0.05, 0) is 64.1 Å². The minimum atomic E-state index is -0.693. The molecule has 0 saturated carbocycles. The quantitative estimate of drug-likeness (QED) is 0.274. The van der Waals surface area contributed by atoms with Crippen molar-refractivity contribution in [3.8, 4) is 11.3 Å². The molecule has 1 amide bonds. The van der Waals surface area contributed by atoms with Crippen LogP contribution in [0.2, 0.25) is 0 Å². The molecule has 1 aliphatic carbocycles. The van der Waals surface area contributed by atoms with Crippen LogP contribution in [0.25, 0.3) is 22.1 Å². The number of aryl methyl sites for hydroxylation is 1. The molecule has 0 unspecified atom stereocenters. The van der Waals surface area contributed by atoms with Crippen molar-refractivity contribution in [2.24, 2.45) is 0 Å². The fourth-order valence-electron chi connectivity index (χ4n) is 4.50. The van der Waals surface area contributed by atoms with Crippen LogP contribution < -0.4 is 5.32 Å². The van der Waals surface area contributed by atoms with E-state index in [2.05, 4.69) is 19.2 Å². The molecule has 0 fully saturated rings. The third kappa shape index (κ3) is 7.41. The number of alkyl carbamates (subject to hydrolysis) is 1. The largest absolute Gasteiger partial charge is 0.463 e. The molecule has 1 heterocycles.